The highest BCUT2D eigenvalue weighted by atomic mass is 16.5. The van der Waals surface area contributed by atoms with E-state index in [1.807, 2.05) is 18.2 Å². The zero-order valence-electron chi connectivity index (χ0n) is 12.2. The van der Waals surface area contributed by atoms with Gasteiger partial charge in [-0.2, -0.15) is 0 Å². The summed E-state index contributed by atoms with van der Waals surface area (Å²) in [5.74, 6) is 2.28. The molecule has 0 bridgehead atoms. The second-order valence-corrected chi connectivity index (χ2v) is 4.89. The van der Waals surface area contributed by atoms with Crippen molar-refractivity contribution in [1.82, 2.24) is 10.6 Å². The number of rotatable bonds is 5. The van der Waals surface area contributed by atoms with Gasteiger partial charge in [0.15, 0.2) is 5.96 Å². The molecule has 0 spiro atoms. The van der Waals surface area contributed by atoms with Crippen LogP contribution in [0.1, 0.15) is 12.0 Å². The number of benzene rings is 1. The number of nitrogens with one attached hydrogen (secondary N) is 2. The van der Waals surface area contributed by atoms with E-state index in [0.29, 0.717) is 5.92 Å². The van der Waals surface area contributed by atoms with Gasteiger partial charge in [0.1, 0.15) is 5.75 Å². The Bertz CT molecular complexity index is 442. The van der Waals surface area contributed by atoms with E-state index >= 15 is 0 Å². The molecule has 1 fully saturated rings. The maximum absolute atomic E-state index is 5.36. The van der Waals surface area contributed by atoms with Crippen molar-refractivity contribution >= 4 is 5.96 Å². The van der Waals surface area contributed by atoms with Crippen LogP contribution in [0.4, 0.5) is 0 Å². The summed E-state index contributed by atoms with van der Waals surface area (Å²) in [6.07, 6.45) is 1.12. The van der Waals surface area contributed by atoms with Gasteiger partial charge in [-0.3, -0.25) is 4.99 Å². The van der Waals surface area contributed by atoms with Crippen LogP contribution < -0.4 is 15.4 Å². The fraction of sp³-hybridized carbons (Fsp3) is 0.533. The molecule has 1 unspecified atom stereocenters. The second kappa shape index (κ2) is 7.75. The first-order chi connectivity index (χ1) is 9.81. The van der Waals surface area contributed by atoms with Crippen molar-refractivity contribution < 1.29 is 9.47 Å². The van der Waals surface area contributed by atoms with E-state index < -0.39 is 0 Å². The van der Waals surface area contributed by atoms with Crippen molar-refractivity contribution in [2.24, 2.45) is 10.9 Å². The Kier molecular flexibility index (Phi) is 5.68. The molecule has 5 heteroatoms. The standard InChI is InChI=1S/C15H23N3O2/c1-16-15(18-10-13-6-7-20-11-13)17-9-12-4-3-5-14(8-12)19-2/h3-5,8,13H,6-7,9-11H2,1-2H3,(H2,16,17,18). The quantitative estimate of drug-likeness (QED) is 0.631. The van der Waals surface area contributed by atoms with Gasteiger partial charge in [0, 0.05) is 32.7 Å². The summed E-state index contributed by atoms with van der Waals surface area (Å²) in [5, 5.41) is 6.64. The molecule has 2 N–H and O–H groups in total. The summed E-state index contributed by atoms with van der Waals surface area (Å²) >= 11 is 0. The van der Waals surface area contributed by atoms with Crippen molar-refractivity contribution in [3.05, 3.63) is 29.8 Å². The lowest BCUT2D eigenvalue weighted by molar-refractivity contribution is 0.186. The van der Waals surface area contributed by atoms with Gasteiger partial charge in [0.05, 0.1) is 13.7 Å². The van der Waals surface area contributed by atoms with Crippen LogP contribution in [-0.2, 0) is 11.3 Å². The van der Waals surface area contributed by atoms with E-state index in [0.717, 1.165) is 50.0 Å². The Morgan fingerprint density at radius 1 is 1.45 bits per heavy atom. The van der Waals surface area contributed by atoms with Crippen molar-refractivity contribution in [3.63, 3.8) is 0 Å². The fourth-order valence-electron chi connectivity index (χ4n) is 2.17. The molecule has 20 heavy (non-hydrogen) atoms. The maximum atomic E-state index is 5.36. The molecule has 0 aliphatic carbocycles. The SMILES string of the molecule is CN=C(NCc1cccc(OC)c1)NCC1CCOC1. The van der Waals surface area contributed by atoms with Crippen LogP contribution in [0.25, 0.3) is 0 Å². The van der Waals surface area contributed by atoms with Gasteiger partial charge in [-0.15, -0.1) is 0 Å². The Balaban J connectivity index is 1.77. The van der Waals surface area contributed by atoms with Gasteiger partial charge in [0.2, 0.25) is 0 Å². The predicted molar refractivity (Wildman–Crippen MR) is 80.1 cm³/mol. The number of nitrogens with zero attached hydrogens (tertiary/aromatic N) is 1. The Labute approximate surface area is 120 Å². The lowest BCUT2D eigenvalue weighted by atomic mass is 10.1. The van der Waals surface area contributed by atoms with Crippen molar-refractivity contribution in [2.75, 3.05) is 33.9 Å². The normalized spacial score (nSPS) is 18.9. The molecule has 0 saturated carbocycles. The number of hydrogen-bond acceptors (Lipinski definition) is 3. The number of methoxy groups -OCH3 is 1. The summed E-state index contributed by atoms with van der Waals surface area (Å²) in [5.41, 5.74) is 1.16. The molecule has 0 aromatic heterocycles. The molecule has 0 amide bonds. The van der Waals surface area contributed by atoms with Crippen LogP contribution in [0.5, 0.6) is 5.75 Å². The molecule has 1 aromatic carbocycles. The molecular weight excluding hydrogens is 254 g/mol. The number of ether oxygens (including phenoxy) is 2. The third-order valence-electron chi connectivity index (χ3n) is 3.40. The van der Waals surface area contributed by atoms with Gasteiger partial charge < -0.3 is 20.1 Å². The molecule has 1 saturated heterocycles. The second-order valence-electron chi connectivity index (χ2n) is 4.89. The first kappa shape index (κ1) is 14.7. The van der Waals surface area contributed by atoms with Gasteiger partial charge in [0.25, 0.3) is 0 Å². The molecule has 1 aromatic rings. The summed E-state index contributed by atoms with van der Waals surface area (Å²) in [6, 6.07) is 8.01. The summed E-state index contributed by atoms with van der Waals surface area (Å²) in [6.45, 7) is 3.35. The zero-order chi connectivity index (χ0) is 14.2. The predicted octanol–water partition coefficient (Wildman–Crippen LogP) is 1.40. The molecule has 0 radical (unpaired) electrons. The van der Waals surface area contributed by atoms with E-state index in [2.05, 4.69) is 21.7 Å². The minimum Gasteiger partial charge on any atom is -0.497 e. The third kappa shape index (κ3) is 4.42. The van der Waals surface area contributed by atoms with Gasteiger partial charge in [-0.1, -0.05) is 12.1 Å². The van der Waals surface area contributed by atoms with Crippen LogP contribution >= 0.6 is 0 Å². The molecule has 1 heterocycles. The molecule has 1 aliphatic heterocycles. The van der Waals surface area contributed by atoms with Crippen LogP contribution in [-0.4, -0.2) is 39.9 Å². The Hall–Kier alpha value is -1.75. The monoisotopic (exact) mass is 277 g/mol. The van der Waals surface area contributed by atoms with Gasteiger partial charge >= 0.3 is 0 Å². The van der Waals surface area contributed by atoms with E-state index in [4.69, 9.17) is 9.47 Å². The van der Waals surface area contributed by atoms with Gasteiger partial charge in [-0.25, -0.2) is 0 Å². The average molecular weight is 277 g/mol. The Morgan fingerprint density at radius 3 is 3.05 bits per heavy atom. The van der Waals surface area contributed by atoms with Crippen LogP contribution in [0, 0.1) is 5.92 Å². The van der Waals surface area contributed by atoms with Crippen LogP contribution in [0.2, 0.25) is 0 Å². The lowest BCUT2D eigenvalue weighted by Gasteiger charge is -2.14. The highest BCUT2D eigenvalue weighted by molar-refractivity contribution is 5.79. The van der Waals surface area contributed by atoms with E-state index in [1.165, 1.54) is 0 Å². The fourth-order valence-corrected chi connectivity index (χ4v) is 2.17. The molecule has 1 aliphatic rings. The summed E-state index contributed by atoms with van der Waals surface area (Å²) < 4.78 is 10.6. The largest absolute Gasteiger partial charge is 0.497 e. The average Bonchev–Trinajstić information content (AvgIpc) is 3.01. The highest BCUT2D eigenvalue weighted by Gasteiger charge is 2.15. The maximum Gasteiger partial charge on any atom is 0.191 e. The zero-order valence-corrected chi connectivity index (χ0v) is 12.2. The Morgan fingerprint density at radius 2 is 2.35 bits per heavy atom. The molecule has 2 rings (SSSR count). The van der Waals surface area contributed by atoms with E-state index in [1.54, 1.807) is 14.2 Å². The highest BCUT2D eigenvalue weighted by Crippen LogP contribution is 2.12. The molecule has 5 nitrogen and oxygen atoms in total. The number of guanidine groups is 1. The molecule has 110 valence electrons. The first-order valence-corrected chi connectivity index (χ1v) is 6.97. The molecular formula is C15H23N3O2. The van der Waals surface area contributed by atoms with Crippen molar-refractivity contribution in [1.29, 1.82) is 0 Å². The van der Waals surface area contributed by atoms with Gasteiger partial charge in [-0.05, 0) is 24.1 Å². The summed E-state index contributed by atoms with van der Waals surface area (Å²) in [7, 11) is 3.46. The summed E-state index contributed by atoms with van der Waals surface area (Å²) in [4.78, 5) is 4.23. The smallest absolute Gasteiger partial charge is 0.191 e. The van der Waals surface area contributed by atoms with E-state index in [9.17, 15) is 0 Å². The van der Waals surface area contributed by atoms with Crippen LogP contribution in [0.15, 0.2) is 29.3 Å². The topological polar surface area (TPSA) is 54.9 Å². The lowest BCUT2D eigenvalue weighted by Crippen LogP contribution is -2.39. The van der Waals surface area contributed by atoms with E-state index in [-0.39, 0.29) is 0 Å². The minimum atomic E-state index is 0.588. The minimum absolute atomic E-state index is 0.588. The number of aliphatic imine (C=N–C) groups is 1. The van der Waals surface area contributed by atoms with Crippen molar-refractivity contribution in [3.8, 4) is 5.75 Å². The number of hydrogen-bond donors (Lipinski definition) is 2. The molecule has 1 atom stereocenters. The van der Waals surface area contributed by atoms with Crippen molar-refractivity contribution in [2.45, 2.75) is 13.0 Å². The first-order valence-electron chi connectivity index (χ1n) is 6.97. The van der Waals surface area contributed by atoms with Crippen LogP contribution in [0.3, 0.4) is 0 Å². The third-order valence-corrected chi connectivity index (χ3v) is 3.40.